The Kier molecular flexibility index (Phi) is 6.78. The summed E-state index contributed by atoms with van der Waals surface area (Å²) in [6.07, 6.45) is 0. The van der Waals surface area contributed by atoms with Gasteiger partial charge in [-0.3, -0.25) is 0 Å². The first-order chi connectivity index (χ1) is 29.2. The summed E-state index contributed by atoms with van der Waals surface area (Å²) in [6.45, 7) is -0.317. The number of hydrogen-bond donors (Lipinski definition) is 0. The van der Waals surface area contributed by atoms with Gasteiger partial charge in [-0.05, 0) is 106 Å². The predicted octanol–water partition coefficient (Wildman–Crippen LogP) is 13.0. The number of nitrogens with zero attached hydrogens (tertiary/aromatic N) is 1. The van der Waals surface area contributed by atoms with E-state index in [1.54, 1.807) is 0 Å². The van der Waals surface area contributed by atoms with Crippen molar-refractivity contribution in [2.45, 2.75) is 0 Å². The maximum Gasteiger partial charge on any atom is 0.434 e. The van der Waals surface area contributed by atoms with Gasteiger partial charge in [0.1, 0.15) is 28.4 Å². The van der Waals surface area contributed by atoms with Crippen LogP contribution in [0.2, 0.25) is 0 Å². The molecular weight excluding hydrogens is 721 g/mol. The minimum Gasteiger partial charge on any atom is -0.551 e. The largest absolute Gasteiger partial charge is 0.551 e. The molecule has 0 saturated carbocycles. The van der Waals surface area contributed by atoms with Crippen LogP contribution in [0.4, 0.5) is 0 Å². The van der Waals surface area contributed by atoms with Gasteiger partial charge in [0.25, 0.3) is 0 Å². The van der Waals surface area contributed by atoms with Crippen LogP contribution in [-0.2, 0) is 0 Å². The minimum absolute atomic E-state index is 0.317. The van der Waals surface area contributed by atoms with Gasteiger partial charge in [-0.1, -0.05) is 127 Å². The zero-order valence-corrected chi connectivity index (χ0v) is 31.7. The highest BCUT2D eigenvalue weighted by Crippen LogP contribution is 2.43. The maximum atomic E-state index is 6.91. The number of hydrogen-bond acceptors (Lipinski definition) is 3. The molecule has 4 nitrogen and oxygen atoms in total. The molecule has 4 heterocycles. The number of benzene rings is 9. The lowest BCUT2D eigenvalue weighted by Gasteiger charge is -2.33. The average molecular weight is 754 g/mol. The predicted molar refractivity (Wildman–Crippen MR) is 242 cm³/mol. The van der Waals surface area contributed by atoms with Crippen molar-refractivity contribution in [3.05, 3.63) is 194 Å². The Balaban J connectivity index is 0.897. The molecule has 2 aromatic heterocycles. The standard InChI is InChI=1S/C54H32BNO3/c1-5-18-46-40(13-1)41-14-2-6-19-47(41)56(46)38-26-23-33(24-27-38)35-25-28-50-45(31-35)55-54-44(42-15-3-8-21-49(42)59-55)30-37(32-52(54)58-50)34-11-9-12-36(29-34)39-17-10-22-51-53(39)43-16-4-7-20-48(43)57-51/h1-32H. The maximum absolute atomic E-state index is 6.91. The summed E-state index contributed by atoms with van der Waals surface area (Å²) >= 11 is 0. The molecule has 11 aromatic rings. The second kappa shape index (κ2) is 12.4. The minimum atomic E-state index is -0.317. The normalized spacial score (nSPS) is 12.6. The van der Waals surface area contributed by atoms with Gasteiger partial charge in [0, 0.05) is 43.7 Å². The van der Waals surface area contributed by atoms with E-state index < -0.39 is 0 Å². The molecule has 2 aliphatic rings. The zero-order chi connectivity index (χ0) is 38.6. The zero-order valence-electron chi connectivity index (χ0n) is 31.7. The summed E-state index contributed by atoms with van der Waals surface area (Å²) < 4.78 is 22.4. The topological polar surface area (TPSA) is 36.5 Å². The van der Waals surface area contributed by atoms with Crippen molar-refractivity contribution in [3.8, 4) is 67.4 Å². The number of ether oxygens (including phenoxy) is 1. The van der Waals surface area contributed by atoms with Crippen molar-refractivity contribution < 1.29 is 13.8 Å². The molecule has 0 saturated heterocycles. The first kappa shape index (κ1) is 32.3. The van der Waals surface area contributed by atoms with Crippen molar-refractivity contribution in [3.63, 3.8) is 0 Å². The van der Waals surface area contributed by atoms with Crippen molar-refractivity contribution in [2.24, 2.45) is 0 Å². The van der Waals surface area contributed by atoms with E-state index in [1.807, 2.05) is 18.2 Å². The van der Waals surface area contributed by atoms with Gasteiger partial charge >= 0.3 is 6.92 Å². The van der Waals surface area contributed by atoms with E-state index >= 15 is 0 Å². The fourth-order valence-electron chi connectivity index (χ4n) is 9.60. The molecular formula is C54H32BNO3. The quantitative estimate of drug-likeness (QED) is 0.168. The van der Waals surface area contributed by atoms with Crippen LogP contribution in [-0.4, -0.2) is 11.5 Å². The van der Waals surface area contributed by atoms with Crippen LogP contribution in [0, 0.1) is 0 Å². The van der Waals surface area contributed by atoms with Crippen LogP contribution in [0.1, 0.15) is 0 Å². The summed E-state index contributed by atoms with van der Waals surface area (Å²) in [5.74, 6) is 2.50. The molecule has 0 bridgehead atoms. The second-order valence-corrected chi connectivity index (χ2v) is 15.6. The molecule has 9 aromatic carbocycles. The molecule has 0 amide bonds. The molecule has 0 spiro atoms. The Morgan fingerprint density at radius 2 is 1.05 bits per heavy atom. The molecule has 2 aliphatic heterocycles. The van der Waals surface area contributed by atoms with Gasteiger partial charge in [0.05, 0.1) is 11.0 Å². The third-order valence-electron chi connectivity index (χ3n) is 12.3. The lowest BCUT2D eigenvalue weighted by atomic mass is 9.50. The molecule has 0 fully saturated rings. The molecule has 0 aliphatic carbocycles. The smallest absolute Gasteiger partial charge is 0.434 e. The number of furan rings is 1. The van der Waals surface area contributed by atoms with Crippen LogP contribution < -0.4 is 20.3 Å². The van der Waals surface area contributed by atoms with Crippen LogP contribution in [0.15, 0.2) is 199 Å². The molecule has 0 atom stereocenters. The first-order valence-electron chi connectivity index (χ1n) is 20.1. The summed E-state index contributed by atoms with van der Waals surface area (Å²) in [5, 5.41) is 4.77. The van der Waals surface area contributed by atoms with Crippen LogP contribution in [0.25, 0.3) is 93.9 Å². The van der Waals surface area contributed by atoms with Gasteiger partial charge in [-0.2, -0.15) is 0 Å². The molecule has 59 heavy (non-hydrogen) atoms. The van der Waals surface area contributed by atoms with E-state index in [4.69, 9.17) is 13.8 Å². The highest BCUT2D eigenvalue weighted by molar-refractivity contribution is 6.84. The molecule has 0 radical (unpaired) electrons. The van der Waals surface area contributed by atoms with Crippen molar-refractivity contribution in [1.29, 1.82) is 0 Å². The van der Waals surface area contributed by atoms with Gasteiger partial charge in [-0.15, -0.1) is 0 Å². The number of aromatic nitrogens is 1. The van der Waals surface area contributed by atoms with E-state index in [0.29, 0.717) is 0 Å². The highest BCUT2D eigenvalue weighted by atomic mass is 16.5. The van der Waals surface area contributed by atoms with Crippen LogP contribution >= 0.6 is 0 Å². The average Bonchev–Trinajstić information content (AvgIpc) is 3.85. The number of rotatable bonds is 4. The Morgan fingerprint density at radius 1 is 0.390 bits per heavy atom. The van der Waals surface area contributed by atoms with E-state index in [2.05, 4.69) is 180 Å². The van der Waals surface area contributed by atoms with Crippen LogP contribution in [0.5, 0.6) is 17.2 Å². The van der Waals surface area contributed by atoms with E-state index in [9.17, 15) is 0 Å². The number of para-hydroxylation sites is 4. The summed E-state index contributed by atoms with van der Waals surface area (Å²) in [5.41, 5.74) is 16.3. The Hall–Kier alpha value is -7.76. The molecule has 0 unspecified atom stereocenters. The SMILES string of the molecule is c1cc(-c2cc3c4c(c2)-c2ccccc2OB4c2cc(-c4ccc(-n5c6ccccc6c6ccccc65)cc4)ccc2O3)cc(-c2cccc3oc4ccccc4c23)c1. The van der Waals surface area contributed by atoms with E-state index in [0.717, 1.165) is 100 Å². The lowest BCUT2D eigenvalue weighted by Crippen LogP contribution is -2.53. The molecule has 0 N–H and O–H groups in total. The summed E-state index contributed by atoms with van der Waals surface area (Å²) in [4.78, 5) is 0. The lowest BCUT2D eigenvalue weighted by molar-refractivity contribution is 0.479. The monoisotopic (exact) mass is 753 g/mol. The highest BCUT2D eigenvalue weighted by Gasteiger charge is 2.41. The summed E-state index contributed by atoms with van der Waals surface area (Å²) in [7, 11) is 0. The molecule has 5 heteroatoms. The summed E-state index contributed by atoms with van der Waals surface area (Å²) in [6, 6.07) is 68.9. The Morgan fingerprint density at radius 3 is 1.90 bits per heavy atom. The van der Waals surface area contributed by atoms with E-state index in [1.165, 1.54) is 21.8 Å². The van der Waals surface area contributed by atoms with Gasteiger partial charge in [0.2, 0.25) is 0 Å². The fourth-order valence-corrected chi connectivity index (χ4v) is 9.60. The third kappa shape index (κ3) is 4.85. The Labute approximate surface area is 340 Å². The number of fused-ring (bicyclic) bond motifs is 10. The van der Waals surface area contributed by atoms with E-state index in [-0.39, 0.29) is 6.92 Å². The molecule has 13 rings (SSSR count). The third-order valence-corrected chi connectivity index (χ3v) is 12.3. The van der Waals surface area contributed by atoms with Gasteiger partial charge in [-0.25, -0.2) is 0 Å². The van der Waals surface area contributed by atoms with Gasteiger partial charge < -0.3 is 18.4 Å². The fraction of sp³-hybridized carbons (Fsp3) is 0. The first-order valence-corrected chi connectivity index (χ1v) is 20.1. The van der Waals surface area contributed by atoms with Crippen molar-refractivity contribution >= 4 is 61.6 Å². The Bertz CT molecular complexity index is 3470. The second-order valence-electron chi connectivity index (χ2n) is 15.6. The van der Waals surface area contributed by atoms with Gasteiger partial charge in [0.15, 0.2) is 0 Å². The van der Waals surface area contributed by atoms with Crippen LogP contribution in [0.3, 0.4) is 0 Å². The molecule has 274 valence electrons. The van der Waals surface area contributed by atoms with Crippen molar-refractivity contribution in [2.75, 3.05) is 0 Å². The van der Waals surface area contributed by atoms with Crippen molar-refractivity contribution in [1.82, 2.24) is 4.57 Å².